The van der Waals surface area contributed by atoms with E-state index in [-0.39, 0.29) is 55.9 Å². The van der Waals surface area contributed by atoms with Crippen molar-refractivity contribution in [3.63, 3.8) is 0 Å². The van der Waals surface area contributed by atoms with Gasteiger partial charge in [0.1, 0.15) is 23.8 Å². The average Bonchev–Trinajstić information content (AvgIpc) is 2.93. The van der Waals surface area contributed by atoms with E-state index in [1.807, 2.05) is 6.92 Å². The van der Waals surface area contributed by atoms with E-state index in [0.29, 0.717) is 44.0 Å². The molecule has 0 aliphatic carbocycles. The predicted molar refractivity (Wildman–Crippen MR) is 161 cm³/mol. The van der Waals surface area contributed by atoms with Crippen molar-refractivity contribution in [2.75, 3.05) is 38.2 Å². The highest BCUT2D eigenvalue weighted by Gasteiger charge is 2.15. The number of hydrogen-bond donors (Lipinski definition) is 4. The monoisotopic (exact) mass is 588 g/mol. The molecule has 1 atom stereocenters. The summed E-state index contributed by atoms with van der Waals surface area (Å²) in [7, 11) is 0. The van der Waals surface area contributed by atoms with Crippen LogP contribution in [0.1, 0.15) is 84.1 Å². The molecule has 1 unspecified atom stereocenters. The molecule has 0 radical (unpaired) electrons. The zero-order valence-electron chi connectivity index (χ0n) is 25.4. The predicted octanol–water partition coefficient (Wildman–Crippen LogP) is 3.49. The maximum absolute atomic E-state index is 12.1. The SMILES string of the molecule is CCCC(CCCCNC(=O)NCCCOCCNC(=O)CC(=O)Nc1ccc(CC(=O)CC(C)=O)cc1)C(=O)CC. The van der Waals surface area contributed by atoms with Crippen LogP contribution in [0.15, 0.2) is 24.3 Å². The van der Waals surface area contributed by atoms with Gasteiger partial charge in [-0.25, -0.2) is 4.79 Å². The maximum Gasteiger partial charge on any atom is 0.314 e. The summed E-state index contributed by atoms with van der Waals surface area (Å²) in [6.45, 7) is 7.34. The number of ketones is 3. The molecule has 1 aromatic carbocycles. The first kappa shape index (κ1) is 36.4. The van der Waals surface area contributed by atoms with Crippen LogP contribution in [0, 0.1) is 5.92 Å². The average molecular weight is 589 g/mol. The number of carbonyl (C=O) groups is 6. The van der Waals surface area contributed by atoms with Gasteiger partial charge in [0, 0.05) is 50.7 Å². The molecule has 0 saturated heterocycles. The van der Waals surface area contributed by atoms with Crippen molar-refractivity contribution < 1.29 is 33.5 Å². The van der Waals surface area contributed by atoms with Gasteiger partial charge in [0.15, 0.2) is 0 Å². The third kappa shape index (κ3) is 18.0. The number of rotatable bonds is 23. The maximum atomic E-state index is 12.1. The molecular weight excluding hydrogens is 540 g/mol. The Morgan fingerprint density at radius 2 is 1.45 bits per heavy atom. The third-order valence-corrected chi connectivity index (χ3v) is 6.43. The van der Waals surface area contributed by atoms with Crippen molar-refractivity contribution in [1.82, 2.24) is 16.0 Å². The summed E-state index contributed by atoms with van der Waals surface area (Å²) in [5.41, 5.74) is 1.24. The summed E-state index contributed by atoms with van der Waals surface area (Å²) in [6, 6.07) is 6.43. The first-order valence-corrected chi connectivity index (χ1v) is 14.9. The smallest absolute Gasteiger partial charge is 0.314 e. The molecule has 0 aromatic heterocycles. The highest BCUT2D eigenvalue weighted by Crippen LogP contribution is 2.17. The van der Waals surface area contributed by atoms with E-state index in [1.54, 1.807) is 24.3 Å². The largest absolute Gasteiger partial charge is 0.380 e. The molecule has 0 aliphatic heterocycles. The number of Topliss-reactive ketones (excluding diaryl/α,β-unsaturated/α-hetero) is 3. The molecule has 11 heteroatoms. The van der Waals surface area contributed by atoms with E-state index in [2.05, 4.69) is 28.2 Å². The summed E-state index contributed by atoms with van der Waals surface area (Å²) in [4.78, 5) is 70.7. The Bertz CT molecular complexity index is 1010. The van der Waals surface area contributed by atoms with Gasteiger partial charge in [-0.2, -0.15) is 0 Å². The summed E-state index contributed by atoms with van der Waals surface area (Å²) in [5.74, 6) is -0.773. The molecule has 0 saturated carbocycles. The van der Waals surface area contributed by atoms with Crippen molar-refractivity contribution in [3.05, 3.63) is 29.8 Å². The van der Waals surface area contributed by atoms with Crippen LogP contribution in [0.5, 0.6) is 0 Å². The van der Waals surface area contributed by atoms with Crippen molar-refractivity contribution in [3.8, 4) is 0 Å². The summed E-state index contributed by atoms with van der Waals surface area (Å²) < 4.78 is 5.45. The minimum atomic E-state index is -0.467. The molecule has 1 aromatic rings. The molecule has 0 heterocycles. The molecule has 11 nitrogen and oxygen atoms in total. The van der Waals surface area contributed by atoms with Crippen molar-refractivity contribution >= 4 is 40.9 Å². The summed E-state index contributed by atoms with van der Waals surface area (Å²) >= 11 is 0. The number of amides is 4. The van der Waals surface area contributed by atoms with Crippen LogP contribution in [0.25, 0.3) is 0 Å². The number of benzene rings is 1. The van der Waals surface area contributed by atoms with Gasteiger partial charge < -0.3 is 26.0 Å². The Morgan fingerprint density at radius 1 is 0.762 bits per heavy atom. The second kappa shape index (κ2) is 22.1. The molecule has 0 aliphatic rings. The molecule has 0 spiro atoms. The van der Waals surface area contributed by atoms with Crippen LogP contribution >= 0.6 is 0 Å². The lowest BCUT2D eigenvalue weighted by Gasteiger charge is -2.14. The Kier molecular flexibility index (Phi) is 19.1. The number of hydrogen-bond acceptors (Lipinski definition) is 7. The fourth-order valence-corrected chi connectivity index (χ4v) is 4.31. The van der Waals surface area contributed by atoms with Crippen molar-refractivity contribution in [1.29, 1.82) is 0 Å². The third-order valence-electron chi connectivity index (χ3n) is 6.43. The van der Waals surface area contributed by atoms with Crippen LogP contribution < -0.4 is 21.3 Å². The standard InChI is InChI=1S/C31H48N4O7/c1-4-9-25(28(38)5-2)10-6-7-15-33-31(41)34-16-8-18-42-19-17-32-29(39)22-30(40)35-26-13-11-24(12-14-26)21-27(37)20-23(3)36/h11-14,25H,4-10,15-22H2,1-3H3,(H,32,39)(H,35,40)(H2,33,34,41). The number of urea groups is 1. The van der Waals surface area contributed by atoms with E-state index in [4.69, 9.17) is 4.74 Å². The summed E-state index contributed by atoms with van der Waals surface area (Å²) in [5, 5.41) is 10.8. The van der Waals surface area contributed by atoms with Gasteiger partial charge in [0.2, 0.25) is 11.8 Å². The van der Waals surface area contributed by atoms with Crippen LogP contribution in [0.2, 0.25) is 0 Å². The minimum Gasteiger partial charge on any atom is -0.380 e. The fraction of sp³-hybridized carbons (Fsp3) is 0.613. The van der Waals surface area contributed by atoms with E-state index in [0.717, 1.165) is 37.7 Å². The molecular formula is C31H48N4O7. The second-order valence-corrected chi connectivity index (χ2v) is 10.3. The second-order valence-electron chi connectivity index (χ2n) is 10.3. The molecule has 234 valence electrons. The molecule has 42 heavy (non-hydrogen) atoms. The molecule has 4 amide bonds. The Labute approximate surface area is 249 Å². The lowest BCUT2D eigenvalue weighted by Crippen LogP contribution is -2.37. The molecule has 0 fully saturated rings. The van der Waals surface area contributed by atoms with Gasteiger partial charge in [-0.05, 0) is 50.3 Å². The van der Waals surface area contributed by atoms with Gasteiger partial charge in [-0.15, -0.1) is 0 Å². The molecule has 0 bridgehead atoms. The van der Waals surface area contributed by atoms with Gasteiger partial charge >= 0.3 is 6.03 Å². The molecule has 1 rings (SSSR count). The highest BCUT2D eigenvalue weighted by atomic mass is 16.5. The van der Waals surface area contributed by atoms with Crippen LogP contribution in [0.3, 0.4) is 0 Å². The topological polar surface area (TPSA) is 160 Å². The Hall–Kier alpha value is -3.60. The fourth-order valence-electron chi connectivity index (χ4n) is 4.31. The van der Waals surface area contributed by atoms with Gasteiger partial charge in [0.25, 0.3) is 0 Å². The van der Waals surface area contributed by atoms with Crippen LogP contribution in [-0.2, 0) is 35.1 Å². The number of nitrogens with one attached hydrogen (secondary N) is 4. The molecule has 4 N–H and O–H groups in total. The van der Waals surface area contributed by atoms with Gasteiger partial charge in [-0.3, -0.25) is 24.0 Å². The summed E-state index contributed by atoms with van der Waals surface area (Å²) in [6.07, 6.45) is 5.46. The highest BCUT2D eigenvalue weighted by molar-refractivity contribution is 6.03. The van der Waals surface area contributed by atoms with E-state index in [1.165, 1.54) is 6.92 Å². The van der Waals surface area contributed by atoms with Crippen LogP contribution in [0.4, 0.5) is 10.5 Å². The van der Waals surface area contributed by atoms with Gasteiger partial charge in [0.05, 0.1) is 13.0 Å². The normalized spacial score (nSPS) is 11.3. The van der Waals surface area contributed by atoms with Gasteiger partial charge in [-0.1, -0.05) is 38.8 Å². The minimum absolute atomic E-state index is 0.0969. The van der Waals surface area contributed by atoms with E-state index >= 15 is 0 Å². The lowest BCUT2D eigenvalue weighted by atomic mass is 9.91. The van der Waals surface area contributed by atoms with E-state index < -0.39 is 11.8 Å². The number of carbonyl (C=O) groups excluding carboxylic acids is 6. The lowest BCUT2D eigenvalue weighted by molar-refractivity contribution is -0.128. The Balaban J connectivity index is 2.05. The van der Waals surface area contributed by atoms with E-state index in [9.17, 15) is 28.8 Å². The number of ether oxygens (including phenoxy) is 1. The zero-order valence-corrected chi connectivity index (χ0v) is 25.4. The zero-order chi connectivity index (χ0) is 31.2. The van der Waals surface area contributed by atoms with Crippen molar-refractivity contribution in [2.45, 2.75) is 85.0 Å². The number of anilines is 1. The van der Waals surface area contributed by atoms with Crippen LogP contribution in [-0.4, -0.2) is 68.0 Å². The van der Waals surface area contributed by atoms with Crippen molar-refractivity contribution in [2.24, 2.45) is 5.92 Å². The first-order chi connectivity index (χ1) is 20.1. The quantitative estimate of drug-likeness (QED) is 0.112. The Morgan fingerprint density at radius 3 is 2.10 bits per heavy atom. The number of unbranched alkanes of at least 4 members (excludes halogenated alkanes) is 1. The first-order valence-electron chi connectivity index (χ1n) is 14.9.